The molecule has 6 heteroatoms. The highest BCUT2D eigenvalue weighted by molar-refractivity contribution is 5.86. The lowest BCUT2D eigenvalue weighted by molar-refractivity contribution is 0.0518. The molecule has 0 N–H and O–H groups in total. The van der Waals surface area contributed by atoms with Crippen LogP contribution in [0, 0.1) is 0 Å². The first-order valence-electron chi connectivity index (χ1n) is 7.50. The number of carbonyl (C=O) groups excluding carboxylic acids is 1. The van der Waals surface area contributed by atoms with Crippen LogP contribution < -0.4 is 0 Å². The van der Waals surface area contributed by atoms with Crippen LogP contribution in [0.1, 0.15) is 35.6 Å². The summed E-state index contributed by atoms with van der Waals surface area (Å²) in [6.45, 7) is 4.60. The van der Waals surface area contributed by atoms with Gasteiger partial charge in [-0.25, -0.2) is 9.78 Å². The maximum atomic E-state index is 11.6. The van der Waals surface area contributed by atoms with Crippen molar-refractivity contribution >= 4 is 17.7 Å². The molecule has 23 heavy (non-hydrogen) atoms. The molecule has 0 atom stereocenters. The van der Waals surface area contributed by atoms with E-state index in [1.165, 1.54) is 0 Å². The Morgan fingerprint density at radius 2 is 2.17 bits per heavy atom. The van der Waals surface area contributed by atoms with Crippen LogP contribution >= 0.6 is 0 Å². The smallest absolute Gasteiger partial charge is 0.358 e. The molecule has 0 spiro atoms. The summed E-state index contributed by atoms with van der Waals surface area (Å²) in [5, 5.41) is 4.22. The number of rotatable bonds is 5. The molecule has 0 saturated heterocycles. The second-order valence-corrected chi connectivity index (χ2v) is 5.08. The molecular weight excluding hydrogens is 292 g/mol. The molecule has 0 aliphatic carbocycles. The number of esters is 1. The fourth-order valence-corrected chi connectivity index (χ4v) is 2.36. The molecule has 0 radical (unpaired) electrons. The number of pyridine rings is 1. The van der Waals surface area contributed by atoms with Gasteiger partial charge in [-0.1, -0.05) is 12.2 Å². The zero-order chi connectivity index (χ0) is 16.2. The lowest BCUT2D eigenvalue weighted by atomic mass is 10.2. The van der Waals surface area contributed by atoms with Crippen LogP contribution in [0.4, 0.5) is 0 Å². The molecule has 3 aromatic rings. The van der Waals surface area contributed by atoms with Crippen LogP contribution in [0.3, 0.4) is 0 Å². The van der Waals surface area contributed by atoms with E-state index in [9.17, 15) is 4.79 Å². The molecule has 6 nitrogen and oxygen atoms in total. The average molecular weight is 310 g/mol. The molecule has 0 saturated carbocycles. The summed E-state index contributed by atoms with van der Waals surface area (Å²) < 4.78 is 8.60. The second-order valence-electron chi connectivity index (χ2n) is 5.08. The highest BCUT2D eigenvalue weighted by Crippen LogP contribution is 2.10. The number of hydrogen-bond donors (Lipinski definition) is 0. The zero-order valence-electron chi connectivity index (χ0n) is 13.1. The second kappa shape index (κ2) is 6.48. The quantitative estimate of drug-likeness (QED) is 0.680. The molecular formula is C17H18N4O2. The van der Waals surface area contributed by atoms with Gasteiger partial charge in [0.05, 0.1) is 18.8 Å². The Labute approximate surface area is 134 Å². The van der Waals surface area contributed by atoms with Crippen LogP contribution in [-0.2, 0) is 11.3 Å². The monoisotopic (exact) mass is 310 g/mol. The molecule has 3 heterocycles. The van der Waals surface area contributed by atoms with Crippen LogP contribution in [0.2, 0.25) is 0 Å². The van der Waals surface area contributed by atoms with Crippen LogP contribution in [0.25, 0.3) is 11.7 Å². The Morgan fingerprint density at radius 1 is 1.30 bits per heavy atom. The summed E-state index contributed by atoms with van der Waals surface area (Å²) >= 11 is 0. The normalized spacial score (nSPS) is 11.4. The van der Waals surface area contributed by atoms with E-state index < -0.39 is 5.97 Å². The van der Waals surface area contributed by atoms with E-state index in [4.69, 9.17) is 4.74 Å². The highest BCUT2D eigenvalue weighted by atomic mass is 16.5. The lowest BCUT2D eigenvalue weighted by Crippen LogP contribution is -2.07. The largest absolute Gasteiger partial charge is 0.461 e. The van der Waals surface area contributed by atoms with E-state index in [0.29, 0.717) is 18.8 Å². The van der Waals surface area contributed by atoms with Crippen molar-refractivity contribution in [1.82, 2.24) is 19.2 Å². The molecule has 0 aliphatic heterocycles. The van der Waals surface area contributed by atoms with Gasteiger partial charge in [0.25, 0.3) is 0 Å². The minimum atomic E-state index is -0.405. The van der Waals surface area contributed by atoms with Crippen LogP contribution in [-0.4, -0.2) is 31.7 Å². The van der Waals surface area contributed by atoms with Gasteiger partial charge in [0.2, 0.25) is 0 Å². The number of allylic oxidation sites excluding steroid dienone is 1. The van der Waals surface area contributed by atoms with Crippen molar-refractivity contribution in [2.45, 2.75) is 20.4 Å². The number of imidazole rings is 1. The molecule has 0 aliphatic rings. The molecule has 0 fully saturated rings. The van der Waals surface area contributed by atoms with E-state index in [1.807, 2.05) is 48.0 Å². The third kappa shape index (κ3) is 3.31. The first-order valence-corrected chi connectivity index (χ1v) is 7.50. The highest BCUT2D eigenvalue weighted by Gasteiger charge is 2.11. The number of carbonyl (C=O) groups is 1. The molecule has 3 aromatic heterocycles. The third-order valence-electron chi connectivity index (χ3n) is 3.33. The van der Waals surface area contributed by atoms with Crippen molar-refractivity contribution in [1.29, 1.82) is 0 Å². The summed E-state index contributed by atoms with van der Waals surface area (Å²) in [6.07, 6.45) is 9.78. The molecule has 118 valence electrons. The van der Waals surface area contributed by atoms with Crippen molar-refractivity contribution < 1.29 is 9.53 Å². The fraction of sp³-hybridized carbons (Fsp3) is 0.235. The molecule has 0 aromatic carbocycles. The molecule has 0 amide bonds. The average Bonchev–Trinajstić information content (AvgIpc) is 3.14. The standard InChI is InChI=1S/C17H18N4O2/c1-3-5-13-6-7-16-18-14(11-20(16)10-13)12-21-9-8-15(19-21)17(22)23-4-2/h3,5-11H,4,12H2,1-2H3/b5-3-. The minimum Gasteiger partial charge on any atom is -0.461 e. The molecule has 0 unspecified atom stereocenters. The van der Waals surface area contributed by atoms with Gasteiger partial charge < -0.3 is 9.14 Å². The first-order chi connectivity index (χ1) is 11.2. The van der Waals surface area contributed by atoms with Gasteiger partial charge in [0.1, 0.15) is 5.65 Å². The number of ether oxygens (including phenoxy) is 1. The van der Waals surface area contributed by atoms with E-state index in [1.54, 1.807) is 23.9 Å². The SMILES string of the molecule is C/C=C\c1ccc2nc(Cn3ccc(C(=O)OCC)n3)cn2c1. The van der Waals surface area contributed by atoms with Gasteiger partial charge in [-0.05, 0) is 37.6 Å². The fourth-order valence-electron chi connectivity index (χ4n) is 2.36. The summed E-state index contributed by atoms with van der Waals surface area (Å²) in [6, 6.07) is 5.66. The van der Waals surface area contributed by atoms with Gasteiger partial charge in [0.15, 0.2) is 5.69 Å². The van der Waals surface area contributed by atoms with Gasteiger partial charge in [0, 0.05) is 18.6 Å². The summed E-state index contributed by atoms with van der Waals surface area (Å²) in [7, 11) is 0. The van der Waals surface area contributed by atoms with Gasteiger partial charge in [-0.15, -0.1) is 0 Å². The zero-order valence-corrected chi connectivity index (χ0v) is 13.1. The van der Waals surface area contributed by atoms with E-state index in [2.05, 4.69) is 10.1 Å². The Hall–Kier alpha value is -2.89. The summed E-state index contributed by atoms with van der Waals surface area (Å²) in [5.41, 5.74) is 3.19. The number of nitrogens with zero attached hydrogens (tertiary/aromatic N) is 4. The van der Waals surface area contributed by atoms with Crippen LogP contribution in [0.5, 0.6) is 0 Å². The van der Waals surface area contributed by atoms with E-state index in [-0.39, 0.29) is 0 Å². The summed E-state index contributed by atoms with van der Waals surface area (Å²) in [5.74, 6) is -0.405. The number of fused-ring (bicyclic) bond motifs is 1. The molecule has 3 rings (SSSR count). The van der Waals surface area contributed by atoms with Crippen molar-refractivity contribution in [3.63, 3.8) is 0 Å². The Balaban J connectivity index is 1.80. The van der Waals surface area contributed by atoms with Crippen molar-refractivity contribution in [3.05, 3.63) is 59.8 Å². The number of aromatic nitrogens is 4. The predicted octanol–water partition coefficient (Wildman–Crippen LogP) is 2.79. The van der Waals surface area contributed by atoms with Crippen LogP contribution in [0.15, 0.2) is 42.9 Å². The van der Waals surface area contributed by atoms with E-state index >= 15 is 0 Å². The minimum absolute atomic E-state index is 0.311. The Bertz CT molecular complexity index is 860. The van der Waals surface area contributed by atoms with Crippen molar-refractivity contribution in [2.24, 2.45) is 0 Å². The van der Waals surface area contributed by atoms with Crippen molar-refractivity contribution in [2.75, 3.05) is 6.61 Å². The Morgan fingerprint density at radius 3 is 2.96 bits per heavy atom. The van der Waals surface area contributed by atoms with E-state index in [0.717, 1.165) is 16.9 Å². The lowest BCUT2D eigenvalue weighted by Gasteiger charge is -1.98. The van der Waals surface area contributed by atoms with Crippen molar-refractivity contribution in [3.8, 4) is 0 Å². The first kappa shape index (κ1) is 15.0. The van der Waals surface area contributed by atoms with Gasteiger partial charge >= 0.3 is 5.97 Å². The third-order valence-corrected chi connectivity index (χ3v) is 3.33. The Kier molecular flexibility index (Phi) is 4.23. The number of hydrogen-bond acceptors (Lipinski definition) is 4. The predicted molar refractivity (Wildman–Crippen MR) is 87.2 cm³/mol. The summed E-state index contributed by atoms with van der Waals surface area (Å²) in [4.78, 5) is 16.2. The van der Waals surface area contributed by atoms with Gasteiger partial charge in [-0.3, -0.25) is 4.68 Å². The maximum absolute atomic E-state index is 11.6. The maximum Gasteiger partial charge on any atom is 0.358 e. The van der Waals surface area contributed by atoms with Gasteiger partial charge in [-0.2, -0.15) is 5.10 Å². The topological polar surface area (TPSA) is 61.4 Å². The molecule has 0 bridgehead atoms.